The minimum atomic E-state index is -1.26. The number of carboxylic acid groups (broad SMARTS) is 11. The highest BCUT2D eigenvalue weighted by atomic mass is 16.4. The van der Waals surface area contributed by atoms with Gasteiger partial charge in [0.05, 0.1) is 72.0 Å². The van der Waals surface area contributed by atoms with E-state index in [1.54, 1.807) is 0 Å². The van der Waals surface area contributed by atoms with Gasteiger partial charge in [-0.1, -0.05) is 0 Å². The Morgan fingerprint density at radius 1 is 0.180 bits per heavy atom. The number of carboxylic acids is 11. The van der Waals surface area contributed by atoms with E-state index in [1.165, 1.54) is 14.7 Å². The van der Waals surface area contributed by atoms with Crippen LogP contribution in [0.5, 0.6) is 0 Å². The molecule has 0 heterocycles. The van der Waals surface area contributed by atoms with Gasteiger partial charge in [0, 0.05) is 65.4 Å². The van der Waals surface area contributed by atoms with E-state index in [1.807, 2.05) is 0 Å². The quantitative estimate of drug-likeness (QED) is 0.0277. The molecule has 0 saturated carbocycles. The third kappa shape index (κ3) is 36.7. The second-order valence-corrected chi connectivity index (χ2v) is 13.0. The van der Waals surface area contributed by atoms with Gasteiger partial charge in [-0.25, -0.2) is 0 Å². The van der Waals surface area contributed by atoms with Gasteiger partial charge in [-0.15, -0.1) is 0 Å². The van der Waals surface area contributed by atoms with E-state index in [0.717, 1.165) is 19.6 Å². The van der Waals surface area contributed by atoms with Gasteiger partial charge in [0.2, 0.25) is 0 Å². The first-order valence-electron chi connectivity index (χ1n) is 17.7. The average Bonchev–Trinajstić information content (AvgIpc) is 3.06. The Hall–Kier alpha value is -6.11. The van der Waals surface area contributed by atoms with Crippen LogP contribution in [0.2, 0.25) is 0 Å². The molecule has 0 unspecified atom stereocenters. The van der Waals surface area contributed by atoms with E-state index in [-0.39, 0.29) is 65.4 Å². The third-order valence-corrected chi connectivity index (χ3v) is 7.61. The van der Waals surface area contributed by atoms with Gasteiger partial charge in [-0.05, 0) is 0 Å². The summed E-state index contributed by atoms with van der Waals surface area (Å²) in [6.45, 7) is -6.09. The lowest BCUT2D eigenvalue weighted by molar-refractivity contribution is -0.144. The molecule has 0 amide bonds. The van der Waals surface area contributed by atoms with E-state index in [9.17, 15) is 52.7 Å². The zero-order valence-electron chi connectivity index (χ0n) is 32.9. The minimum absolute atomic E-state index is 0.000836. The molecule has 0 atom stereocenters. The van der Waals surface area contributed by atoms with Crippen LogP contribution in [0, 0.1) is 0 Å². The Labute approximate surface area is 346 Å². The molecule has 61 heavy (non-hydrogen) atoms. The molecule has 0 saturated heterocycles. The summed E-state index contributed by atoms with van der Waals surface area (Å²) < 4.78 is 0. The number of aliphatic carboxylic acids is 11. The van der Waals surface area contributed by atoms with Crippen LogP contribution in [-0.2, 0) is 52.7 Å². The zero-order valence-corrected chi connectivity index (χ0v) is 32.9. The van der Waals surface area contributed by atoms with Gasteiger partial charge in [0.25, 0.3) is 0 Å². The molecule has 0 aromatic rings. The zero-order chi connectivity index (χ0) is 47.2. The lowest BCUT2D eigenvalue weighted by atomic mass is 10.3. The molecule has 0 aliphatic heterocycles. The SMILES string of the molecule is O=C(O)CN(CCN(CC(=O)O)CC(=O)O)CCN(CC(=O)O)CC(=O)O.O=C(O)CN(CCN(CCN(CC(=O)O)CC(=O)O)CC(=O)O)CCN(CC(=O)O)CC(=O)O. The van der Waals surface area contributed by atoms with E-state index in [0.29, 0.717) is 0 Å². The molecular formula is C32H53N7O22. The van der Waals surface area contributed by atoms with Crippen LogP contribution in [-0.4, -0.2) is 294 Å². The molecule has 29 nitrogen and oxygen atoms in total. The molecular weight excluding hydrogens is 834 g/mol. The van der Waals surface area contributed by atoms with E-state index in [4.69, 9.17) is 56.2 Å². The van der Waals surface area contributed by atoms with Crippen LogP contribution in [0.4, 0.5) is 0 Å². The molecule has 0 spiro atoms. The molecule has 0 aromatic carbocycles. The Balaban J connectivity index is 0. The standard InChI is InChI=1S/C18H30N4O12.C14H23N3O10/c23-13(24)7-19(3-5-21(9-15(27)28)10-16(29)30)1-2-20(8-14(25)26)4-6-22(11-17(31)32)12-18(33)34;18-10(19)5-15(1-3-16(6-11(20)21)7-12(22)23)2-4-17(8-13(24)25)9-14(26)27/h1-12H2,(H,23,24)(H,25,26)(H,27,28)(H,29,30)(H,31,32)(H,33,34);1-9H2,(H,18,19)(H,20,21)(H,22,23)(H,24,25)(H,26,27). The minimum Gasteiger partial charge on any atom is -0.480 e. The van der Waals surface area contributed by atoms with Crippen molar-refractivity contribution in [3.63, 3.8) is 0 Å². The third-order valence-electron chi connectivity index (χ3n) is 7.61. The van der Waals surface area contributed by atoms with Crippen LogP contribution < -0.4 is 0 Å². The fourth-order valence-corrected chi connectivity index (χ4v) is 5.18. The van der Waals surface area contributed by atoms with Crippen LogP contribution in [0.3, 0.4) is 0 Å². The average molecular weight is 888 g/mol. The molecule has 11 N–H and O–H groups in total. The monoisotopic (exact) mass is 887 g/mol. The first-order chi connectivity index (χ1) is 28.3. The first kappa shape index (κ1) is 57.0. The Morgan fingerprint density at radius 2 is 0.262 bits per heavy atom. The maximum atomic E-state index is 11.2. The van der Waals surface area contributed by atoms with Gasteiger partial charge in [-0.3, -0.25) is 87.0 Å². The van der Waals surface area contributed by atoms with Crippen molar-refractivity contribution in [3.8, 4) is 0 Å². The molecule has 0 fully saturated rings. The summed E-state index contributed by atoms with van der Waals surface area (Å²) in [5.41, 5.74) is 0. The van der Waals surface area contributed by atoms with Crippen LogP contribution in [0.15, 0.2) is 0 Å². The highest BCUT2D eigenvalue weighted by molar-refractivity contribution is 5.74. The molecule has 29 heteroatoms. The summed E-state index contributed by atoms with van der Waals surface area (Å²) >= 11 is 0. The molecule has 348 valence electrons. The molecule has 0 rings (SSSR count). The van der Waals surface area contributed by atoms with Crippen LogP contribution >= 0.6 is 0 Å². The Bertz CT molecular complexity index is 1340. The maximum Gasteiger partial charge on any atom is 0.317 e. The number of carbonyl (C=O) groups is 11. The number of rotatable bonds is 37. The number of hydrogen-bond donors (Lipinski definition) is 11. The van der Waals surface area contributed by atoms with Gasteiger partial charge in [0.15, 0.2) is 0 Å². The Kier molecular flexibility index (Phi) is 29.7. The van der Waals surface area contributed by atoms with Crippen molar-refractivity contribution in [3.05, 3.63) is 0 Å². The largest absolute Gasteiger partial charge is 0.480 e. The second-order valence-electron chi connectivity index (χ2n) is 13.0. The highest BCUT2D eigenvalue weighted by Crippen LogP contribution is 2.00. The summed E-state index contributed by atoms with van der Waals surface area (Å²) in [5, 5.41) is 98.0. The fraction of sp³-hybridized carbons (Fsp3) is 0.656. The summed E-state index contributed by atoms with van der Waals surface area (Å²) in [6.07, 6.45) is 0. The van der Waals surface area contributed by atoms with Crippen molar-refractivity contribution in [2.75, 3.05) is 137 Å². The van der Waals surface area contributed by atoms with E-state index < -0.39 is 138 Å². The van der Waals surface area contributed by atoms with Crippen molar-refractivity contribution >= 4 is 65.7 Å². The van der Waals surface area contributed by atoms with E-state index >= 15 is 0 Å². The van der Waals surface area contributed by atoms with Crippen molar-refractivity contribution in [1.29, 1.82) is 0 Å². The van der Waals surface area contributed by atoms with Gasteiger partial charge >= 0.3 is 65.7 Å². The summed E-state index contributed by atoms with van der Waals surface area (Å²) in [4.78, 5) is 129. The van der Waals surface area contributed by atoms with Crippen molar-refractivity contribution < 1.29 is 109 Å². The normalized spacial score (nSPS) is 11.2. The fourth-order valence-electron chi connectivity index (χ4n) is 5.18. The molecule has 0 aliphatic rings. The molecule has 0 radical (unpaired) electrons. The highest BCUT2D eigenvalue weighted by Gasteiger charge is 2.22. The Morgan fingerprint density at radius 3 is 0.361 bits per heavy atom. The van der Waals surface area contributed by atoms with Crippen LogP contribution in [0.25, 0.3) is 0 Å². The van der Waals surface area contributed by atoms with Gasteiger partial charge in [0.1, 0.15) is 0 Å². The van der Waals surface area contributed by atoms with Crippen molar-refractivity contribution in [2.45, 2.75) is 0 Å². The predicted molar refractivity (Wildman–Crippen MR) is 199 cm³/mol. The summed E-state index contributed by atoms with van der Waals surface area (Å²) in [6, 6.07) is 0. The first-order valence-corrected chi connectivity index (χ1v) is 17.7. The lowest BCUT2D eigenvalue weighted by Gasteiger charge is -2.29. The van der Waals surface area contributed by atoms with E-state index in [2.05, 4.69) is 0 Å². The smallest absolute Gasteiger partial charge is 0.317 e. The van der Waals surface area contributed by atoms with Crippen molar-refractivity contribution in [2.24, 2.45) is 0 Å². The van der Waals surface area contributed by atoms with Gasteiger partial charge in [-0.2, -0.15) is 0 Å². The lowest BCUT2D eigenvalue weighted by Crippen LogP contribution is -2.46. The second kappa shape index (κ2) is 31.8. The molecule has 0 aromatic heterocycles. The number of hydrogen-bond acceptors (Lipinski definition) is 18. The van der Waals surface area contributed by atoms with Crippen molar-refractivity contribution in [1.82, 2.24) is 34.3 Å². The van der Waals surface area contributed by atoms with Crippen LogP contribution in [0.1, 0.15) is 0 Å². The van der Waals surface area contributed by atoms with Gasteiger partial charge < -0.3 is 56.2 Å². The summed E-state index contributed by atoms with van der Waals surface area (Å²) in [7, 11) is 0. The number of nitrogens with zero attached hydrogens (tertiary/aromatic N) is 7. The topological polar surface area (TPSA) is 433 Å². The summed E-state index contributed by atoms with van der Waals surface area (Å²) in [5.74, 6) is -13.6. The maximum absolute atomic E-state index is 11.2. The molecule has 0 bridgehead atoms. The predicted octanol–water partition coefficient (Wildman–Crippen LogP) is -5.98. The molecule has 0 aliphatic carbocycles.